The number of rotatable bonds is 6. The maximum atomic E-state index is 13.4. The molecule has 0 aliphatic heterocycles. The highest BCUT2D eigenvalue weighted by Gasteiger charge is 2.17. The zero-order chi connectivity index (χ0) is 15.2. The van der Waals surface area contributed by atoms with Crippen molar-refractivity contribution in [3.8, 4) is 5.75 Å². The van der Waals surface area contributed by atoms with Gasteiger partial charge in [0, 0.05) is 11.0 Å². The molecule has 2 aromatic rings. The Hall–Kier alpha value is -1.89. The highest BCUT2D eigenvalue weighted by molar-refractivity contribution is 6.59. The first-order valence-electron chi connectivity index (χ1n) is 6.46. The van der Waals surface area contributed by atoms with Crippen molar-refractivity contribution in [1.29, 1.82) is 0 Å². The van der Waals surface area contributed by atoms with E-state index in [0.29, 0.717) is 11.3 Å². The molecule has 2 N–H and O–H groups in total. The van der Waals surface area contributed by atoms with E-state index in [1.807, 2.05) is 0 Å². The molecule has 0 bridgehead atoms. The third-order valence-electron chi connectivity index (χ3n) is 3.06. The van der Waals surface area contributed by atoms with Gasteiger partial charge in [-0.15, -0.1) is 0 Å². The monoisotopic (exact) mass is 290 g/mol. The summed E-state index contributed by atoms with van der Waals surface area (Å²) in [7, 11) is -0.165. The van der Waals surface area contributed by atoms with Crippen LogP contribution in [0.1, 0.15) is 11.1 Å². The van der Waals surface area contributed by atoms with Crippen LogP contribution in [0.3, 0.4) is 0 Å². The van der Waals surface area contributed by atoms with Crippen LogP contribution in [-0.4, -0.2) is 24.3 Å². The summed E-state index contributed by atoms with van der Waals surface area (Å²) in [5, 5.41) is 18.6. The molecule has 110 valence electrons. The van der Waals surface area contributed by atoms with Crippen molar-refractivity contribution in [3.05, 3.63) is 59.4 Å². The van der Waals surface area contributed by atoms with E-state index < -0.39 is 7.12 Å². The van der Waals surface area contributed by atoms with Crippen LogP contribution in [0.5, 0.6) is 5.75 Å². The minimum atomic E-state index is -1.62. The van der Waals surface area contributed by atoms with Crippen molar-refractivity contribution < 1.29 is 23.9 Å². The van der Waals surface area contributed by atoms with Gasteiger partial charge in [0.2, 0.25) is 0 Å². The molecule has 0 aromatic heterocycles. The first kappa shape index (κ1) is 15.5. The van der Waals surface area contributed by atoms with Crippen molar-refractivity contribution in [2.75, 3.05) is 7.11 Å². The molecule has 6 heteroatoms. The average molecular weight is 290 g/mol. The molecule has 2 rings (SSSR count). The van der Waals surface area contributed by atoms with E-state index in [9.17, 15) is 14.4 Å². The largest absolute Gasteiger partial charge is 0.497 e. The quantitative estimate of drug-likeness (QED) is 0.786. The second kappa shape index (κ2) is 7.22. The number of hydrogen-bond donors (Lipinski definition) is 2. The second-order valence-electron chi connectivity index (χ2n) is 4.53. The lowest BCUT2D eigenvalue weighted by atomic mass is 9.79. The molecule has 21 heavy (non-hydrogen) atoms. The summed E-state index contributed by atoms with van der Waals surface area (Å²) in [6.07, 6.45) is 0. The predicted octanol–water partition coefficient (Wildman–Crippen LogP) is 1.23. The minimum absolute atomic E-state index is 0.149. The maximum absolute atomic E-state index is 13.4. The number of hydrogen-bond acceptors (Lipinski definition) is 4. The lowest BCUT2D eigenvalue weighted by molar-refractivity contribution is 0.105. The zero-order valence-corrected chi connectivity index (χ0v) is 11.6. The fourth-order valence-corrected chi connectivity index (χ4v) is 1.97. The van der Waals surface area contributed by atoms with Crippen LogP contribution in [0.25, 0.3) is 0 Å². The summed E-state index contributed by atoms with van der Waals surface area (Å²) in [5.41, 5.74) is 1.49. The Balaban J connectivity index is 2.00. The molecule has 0 unspecified atom stereocenters. The smallest absolute Gasteiger partial charge is 0.492 e. The van der Waals surface area contributed by atoms with Gasteiger partial charge in [0.1, 0.15) is 11.6 Å². The molecule has 0 fully saturated rings. The molecule has 2 aromatic carbocycles. The van der Waals surface area contributed by atoms with Crippen molar-refractivity contribution in [3.63, 3.8) is 0 Å². The van der Waals surface area contributed by atoms with Gasteiger partial charge >= 0.3 is 7.12 Å². The van der Waals surface area contributed by atoms with Crippen LogP contribution >= 0.6 is 0 Å². The average Bonchev–Trinajstić information content (AvgIpc) is 2.49. The SMILES string of the molecule is COc1ccc(COCc2ccccc2F)cc1B(O)O. The standard InChI is InChI=1S/C15H16BFO4/c1-20-15-7-6-11(8-13(15)16(18)19)9-21-10-12-4-2-3-5-14(12)17/h2-8,18-19H,9-10H2,1H3. The molecule has 0 atom stereocenters. The van der Waals surface area contributed by atoms with E-state index in [4.69, 9.17) is 9.47 Å². The lowest BCUT2D eigenvalue weighted by Gasteiger charge is -2.11. The van der Waals surface area contributed by atoms with Gasteiger partial charge in [-0.1, -0.05) is 30.3 Å². The molecule has 4 nitrogen and oxygen atoms in total. The zero-order valence-electron chi connectivity index (χ0n) is 11.6. The van der Waals surface area contributed by atoms with Crippen LogP contribution in [0, 0.1) is 5.82 Å². The molecule has 0 amide bonds. The Labute approximate surface area is 122 Å². The number of benzene rings is 2. The number of methoxy groups -OCH3 is 1. The summed E-state index contributed by atoms with van der Waals surface area (Å²) in [6.45, 7) is 0.383. The van der Waals surface area contributed by atoms with Crippen LogP contribution in [0.15, 0.2) is 42.5 Å². The molecule has 0 heterocycles. The molecule has 0 radical (unpaired) electrons. The molecular weight excluding hydrogens is 274 g/mol. The molecule has 0 saturated heterocycles. The van der Waals surface area contributed by atoms with Gasteiger partial charge in [0.25, 0.3) is 0 Å². The van der Waals surface area contributed by atoms with Gasteiger partial charge in [-0.25, -0.2) is 4.39 Å². The highest BCUT2D eigenvalue weighted by Crippen LogP contribution is 2.13. The summed E-state index contributed by atoms with van der Waals surface area (Å²) in [4.78, 5) is 0. The van der Waals surface area contributed by atoms with Crippen LogP contribution in [-0.2, 0) is 18.0 Å². The normalized spacial score (nSPS) is 10.5. The van der Waals surface area contributed by atoms with E-state index in [1.165, 1.54) is 13.2 Å². The Morgan fingerprint density at radius 1 is 1.10 bits per heavy atom. The fourth-order valence-electron chi connectivity index (χ4n) is 1.97. The first-order valence-corrected chi connectivity index (χ1v) is 6.46. The van der Waals surface area contributed by atoms with Gasteiger partial charge in [-0.05, 0) is 17.7 Å². The van der Waals surface area contributed by atoms with Gasteiger partial charge in [-0.2, -0.15) is 0 Å². The number of ether oxygens (including phenoxy) is 2. The molecule has 0 aliphatic carbocycles. The van der Waals surface area contributed by atoms with Gasteiger partial charge in [0.15, 0.2) is 0 Å². The van der Waals surface area contributed by atoms with Crippen LogP contribution in [0.4, 0.5) is 4.39 Å². The van der Waals surface area contributed by atoms with Gasteiger partial charge in [-0.3, -0.25) is 0 Å². The van der Waals surface area contributed by atoms with Gasteiger partial charge < -0.3 is 19.5 Å². The van der Waals surface area contributed by atoms with Crippen LogP contribution < -0.4 is 10.2 Å². The minimum Gasteiger partial charge on any atom is -0.497 e. The van der Waals surface area contributed by atoms with E-state index >= 15 is 0 Å². The Bertz CT molecular complexity index is 604. The van der Waals surface area contributed by atoms with Crippen molar-refractivity contribution >= 4 is 12.6 Å². The third kappa shape index (κ3) is 4.04. The van der Waals surface area contributed by atoms with E-state index in [2.05, 4.69) is 0 Å². The fraction of sp³-hybridized carbons (Fsp3) is 0.200. The predicted molar refractivity (Wildman–Crippen MR) is 77.7 cm³/mol. The van der Waals surface area contributed by atoms with E-state index in [0.717, 1.165) is 5.56 Å². The summed E-state index contributed by atoms with van der Waals surface area (Å²) in [6, 6.07) is 11.4. The second-order valence-corrected chi connectivity index (χ2v) is 4.53. The summed E-state index contributed by atoms with van der Waals surface area (Å²) < 4.78 is 23.9. The lowest BCUT2D eigenvalue weighted by Crippen LogP contribution is -2.31. The summed E-state index contributed by atoms with van der Waals surface area (Å²) in [5.74, 6) is 0.0848. The van der Waals surface area contributed by atoms with E-state index in [-0.39, 0.29) is 24.5 Å². The molecular formula is C15H16BFO4. The molecule has 0 aliphatic rings. The van der Waals surface area contributed by atoms with Crippen molar-refractivity contribution in [2.45, 2.75) is 13.2 Å². The van der Waals surface area contributed by atoms with E-state index in [1.54, 1.807) is 36.4 Å². The first-order chi connectivity index (χ1) is 10.1. The van der Waals surface area contributed by atoms with Crippen LogP contribution in [0.2, 0.25) is 0 Å². The topological polar surface area (TPSA) is 58.9 Å². The van der Waals surface area contributed by atoms with Crippen molar-refractivity contribution in [2.24, 2.45) is 0 Å². The van der Waals surface area contributed by atoms with Crippen molar-refractivity contribution in [1.82, 2.24) is 0 Å². The number of halogens is 1. The molecule has 0 saturated carbocycles. The maximum Gasteiger partial charge on any atom is 0.492 e. The Morgan fingerprint density at radius 2 is 1.86 bits per heavy atom. The Morgan fingerprint density at radius 3 is 2.52 bits per heavy atom. The molecule has 0 spiro atoms. The van der Waals surface area contributed by atoms with Gasteiger partial charge in [0.05, 0.1) is 20.3 Å². The Kier molecular flexibility index (Phi) is 5.33. The third-order valence-corrected chi connectivity index (χ3v) is 3.06. The summed E-state index contributed by atoms with van der Waals surface area (Å²) >= 11 is 0. The highest BCUT2D eigenvalue weighted by atomic mass is 19.1.